The van der Waals surface area contributed by atoms with Crippen LogP contribution in [0.15, 0.2) is 16.7 Å². The molecule has 0 spiro atoms. The summed E-state index contributed by atoms with van der Waals surface area (Å²) in [5.74, 6) is 1.04. The third-order valence-corrected chi connectivity index (χ3v) is 5.10. The highest BCUT2D eigenvalue weighted by Crippen LogP contribution is 2.20. The van der Waals surface area contributed by atoms with E-state index in [0.29, 0.717) is 12.6 Å². The molecule has 2 amide bonds. The molecule has 0 radical (unpaired) electrons. The molecular formula is C18H30N4O2. The molecule has 1 aromatic rings. The Morgan fingerprint density at radius 2 is 2.12 bits per heavy atom. The van der Waals surface area contributed by atoms with Gasteiger partial charge < -0.3 is 24.4 Å². The molecule has 1 fully saturated rings. The van der Waals surface area contributed by atoms with Crippen LogP contribution in [0.1, 0.15) is 30.6 Å². The molecule has 0 saturated carbocycles. The van der Waals surface area contributed by atoms with E-state index in [1.54, 1.807) is 6.26 Å². The average molecular weight is 334 g/mol. The van der Waals surface area contributed by atoms with Crippen molar-refractivity contribution in [3.8, 4) is 0 Å². The lowest BCUT2D eigenvalue weighted by molar-refractivity contribution is 0.165. The highest BCUT2D eigenvalue weighted by atomic mass is 16.3. The molecule has 3 heterocycles. The number of carbonyl (C=O) groups is 1. The van der Waals surface area contributed by atoms with Crippen molar-refractivity contribution in [2.45, 2.75) is 38.3 Å². The van der Waals surface area contributed by atoms with Crippen LogP contribution in [-0.2, 0) is 13.0 Å². The summed E-state index contributed by atoms with van der Waals surface area (Å²) in [7, 11) is 4.22. The van der Waals surface area contributed by atoms with Gasteiger partial charge in [0, 0.05) is 50.7 Å². The van der Waals surface area contributed by atoms with Crippen LogP contribution in [-0.4, -0.2) is 73.6 Å². The van der Waals surface area contributed by atoms with E-state index in [1.165, 1.54) is 0 Å². The molecule has 0 aromatic carbocycles. The van der Waals surface area contributed by atoms with E-state index >= 15 is 0 Å². The molecule has 2 aliphatic rings. The molecule has 2 aliphatic heterocycles. The second-order valence-corrected chi connectivity index (χ2v) is 7.26. The Bertz CT molecular complexity index is 535. The summed E-state index contributed by atoms with van der Waals surface area (Å²) in [6, 6.07) is 2.38. The lowest BCUT2D eigenvalue weighted by atomic mass is 10.1. The lowest BCUT2D eigenvalue weighted by Crippen LogP contribution is -2.49. The largest absolute Gasteiger partial charge is 0.469 e. The summed E-state index contributed by atoms with van der Waals surface area (Å²) in [5, 5.41) is 3.24. The van der Waals surface area contributed by atoms with E-state index < -0.39 is 0 Å². The van der Waals surface area contributed by atoms with E-state index in [9.17, 15) is 4.79 Å². The molecular weight excluding hydrogens is 304 g/mol. The van der Waals surface area contributed by atoms with E-state index in [0.717, 1.165) is 69.7 Å². The molecule has 0 aliphatic carbocycles. The smallest absolute Gasteiger partial charge is 0.317 e. The predicted octanol–water partition coefficient (Wildman–Crippen LogP) is 1.76. The Hall–Kier alpha value is -1.53. The highest BCUT2D eigenvalue weighted by Gasteiger charge is 2.25. The van der Waals surface area contributed by atoms with Crippen molar-refractivity contribution in [1.29, 1.82) is 0 Å². The quantitative estimate of drug-likeness (QED) is 0.912. The standard InChI is InChI=1S/C18H30N4O2/c1-20(2)11-12-21-9-5-16(6-10-21)19-18(23)22-8-3-4-17-15(14-22)7-13-24-17/h7,13,16H,3-6,8-12,14H2,1-2H3,(H,19,23). The van der Waals surface area contributed by atoms with Gasteiger partial charge in [0.25, 0.3) is 0 Å². The van der Waals surface area contributed by atoms with Crippen molar-refractivity contribution in [1.82, 2.24) is 20.0 Å². The van der Waals surface area contributed by atoms with Crippen molar-refractivity contribution in [3.63, 3.8) is 0 Å². The number of nitrogens with zero attached hydrogens (tertiary/aromatic N) is 3. The number of likely N-dealkylation sites (N-methyl/N-ethyl adjacent to an activating group) is 1. The monoisotopic (exact) mass is 334 g/mol. The molecule has 134 valence electrons. The van der Waals surface area contributed by atoms with Crippen LogP contribution in [0.25, 0.3) is 0 Å². The van der Waals surface area contributed by atoms with E-state index in [4.69, 9.17) is 4.42 Å². The van der Waals surface area contributed by atoms with Gasteiger partial charge in [-0.3, -0.25) is 0 Å². The van der Waals surface area contributed by atoms with E-state index in [2.05, 4.69) is 29.2 Å². The van der Waals surface area contributed by atoms with E-state index in [-0.39, 0.29) is 6.03 Å². The molecule has 0 bridgehead atoms. The van der Waals surface area contributed by atoms with Gasteiger partial charge in [-0.1, -0.05) is 0 Å². The maximum Gasteiger partial charge on any atom is 0.317 e. The minimum atomic E-state index is 0.0794. The van der Waals surface area contributed by atoms with Crippen LogP contribution < -0.4 is 5.32 Å². The molecule has 1 saturated heterocycles. The first-order valence-corrected chi connectivity index (χ1v) is 9.09. The van der Waals surface area contributed by atoms with Crippen molar-refractivity contribution in [3.05, 3.63) is 23.7 Å². The number of rotatable bonds is 4. The minimum Gasteiger partial charge on any atom is -0.469 e. The predicted molar refractivity (Wildman–Crippen MR) is 94.0 cm³/mol. The second-order valence-electron chi connectivity index (χ2n) is 7.26. The van der Waals surface area contributed by atoms with Crippen molar-refractivity contribution >= 4 is 6.03 Å². The Balaban J connectivity index is 1.44. The minimum absolute atomic E-state index is 0.0794. The Labute approximate surface area is 144 Å². The first-order valence-electron chi connectivity index (χ1n) is 9.09. The topological polar surface area (TPSA) is 52.0 Å². The summed E-state index contributed by atoms with van der Waals surface area (Å²) < 4.78 is 5.50. The number of likely N-dealkylation sites (tertiary alicyclic amines) is 1. The van der Waals surface area contributed by atoms with Gasteiger partial charge in [0.2, 0.25) is 0 Å². The molecule has 3 rings (SSSR count). The highest BCUT2D eigenvalue weighted by molar-refractivity contribution is 5.74. The molecule has 24 heavy (non-hydrogen) atoms. The van der Waals surface area contributed by atoms with Gasteiger partial charge in [0.15, 0.2) is 0 Å². The Kier molecular flexibility index (Phi) is 5.79. The number of carbonyl (C=O) groups excluding carboxylic acids is 1. The maximum atomic E-state index is 12.6. The number of hydrogen-bond acceptors (Lipinski definition) is 4. The number of aryl methyl sites for hydroxylation is 1. The van der Waals surface area contributed by atoms with Crippen LogP contribution in [0.5, 0.6) is 0 Å². The summed E-state index contributed by atoms with van der Waals surface area (Å²) in [6.07, 6.45) is 5.72. The fourth-order valence-electron chi connectivity index (χ4n) is 3.52. The van der Waals surface area contributed by atoms with Gasteiger partial charge in [-0.15, -0.1) is 0 Å². The second kappa shape index (κ2) is 8.03. The molecule has 0 atom stereocenters. The van der Waals surface area contributed by atoms with Crippen LogP contribution in [0.4, 0.5) is 4.79 Å². The Morgan fingerprint density at radius 1 is 1.33 bits per heavy atom. The number of furan rings is 1. The molecule has 6 heteroatoms. The van der Waals surface area contributed by atoms with Crippen LogP contribution >= 0.6 is 0 Å². The Morgan fingerprint density at radius 3 is 2.88 bits per heavy atom. The third kappa shape index (κ3) is 4.51. The average Bonchev–Trinajstić information content (AvgIpc) is 2.91. The number of hydrogen-bond donors (Lipinski definition) is 1. The van der Waals surface area contributed by atoms with Gasteiger partial charge in [0.1, 0.15) is 5.76 Å². The van der Waals surface area contributed by atoms with Crippen molar-refractivity contribution in [2.24, 2.45) is 0 Å². The summed E-state index contributed by atoms with van der Waals surface area (Å²) >= 11 is 0. The number of amides is 2. The van der Waals surface area contributed by atoms with Crippen LogP contribution in [0, 0.1) is 0 Å². The molecule has 1 N–H and O–H groups in total. The fraction of sp³-hybridized carbons (Fsp3) is 0.722. The van der Waals surface area contributed by atoms with Crippen LogP contribution in [0.2, 0.25) is 0 Å². The van der Waals surface area contributed by atoms with Gasteiger partial charge >= 0.3 is 6.03 Å². The third-order valence-electron chi connectivity index (χ3n) is 5.10. The molecule has 1 aromatic heterocycles. The number of urea groups is 1. The zero-order valence-corrected chi connectivity index (χ0v) is 15.0. The number of nitrogens with one attached hydrogen (secondary N) is 1. The van der Waals surface area contributed by atoms with Crippen molar-refractivity contribution in [2.75, 3.05) is 46.8 Å². The van der Waals surface area contributed by atoms with Crippen molar-refractivity contribution < 1.29 is 9.21 Å². The van der Waals surface area contributed by atoms with Gasteiger partial charge in [-0.2, -0.15) is 0 Å². The van der Waals surface area contributed by atoms with Gasteiger partial charge in [-0.25, -0.2) is 4.79 Å². The summed E-state index contributed by atoms with van der Waals surface area (Å²) in [4.78, 5) is 19.3. The van der Waals surface area contributed by atoms with E-state index in [1.807, 2.05) is 11.0 Å². The zero-order chi connectivity index (χ0) is 16.9. The first-order chi connectivity index (χ1) is 11.6. The molecule has 6 nitrogen and oxygen atoms in total. The van der Waals surface area contributed by atoms with Gasteiger partial charge in [-0.05, 0) is 39.4 Å². The first kappa shape index (κ1) is 17.3. The zero-order valence-electron chi connectivity index (χ0n) is 15.0. The molecule has 0 unspecified atom stereocenters. The summed E-state index contributed by atoms with van der Waals surface area (Å²) in [5.41, 5.74) is 1.15. The normalized spacial score (nSPS) is 20.0. The lowest BCUT2D eigenvalue weighted by Gasteiger charge is -2.34. The maximum absolute atomic E-state index is 12.6. The number of piperidine rings is 1. The number of fused-ring (bicyclic) bond motifs is 1. The van der Waals surface area contributed by atoms with Crippen LogP contribution in [0.3, 0.4) is 0 Å². The fourth-order valence-corrected chi connectivity index (χ4v) is 3.52. The van der Waals surface area contributed by atoms with Gasteiger partial charge in [0.05, 0.1) is 12.8 Å². The summed E-state index contributed by atoms with van der Waals surface area (Å²) in [6.45, 7) is 5.83. The SMILES string of the molecule is CN(C)CCN1CCC(NC(=O)N2CCCc3occc3C2)CC1.